The molecule has 0 saturated heterocycles. The molecule has 0 aliphatic heterocycles. The van der Waals surface area contributed by atoms with E-state index in [2.05, 4.69) is 0 Å². The Hall–Kier alpha value is -2.32. The van der Waals surface area contributed by atoms with Gasteiger partial charge in [-0.2, -0.15) is 0 Å². The predicted octanol–water partition coefficient (Wildman–Crippen LogP) is 4.88. The Morgan fingerprint density at radius 2 is 1.71 bits per heavy atom. The van der Waals surface area contributed by atoms with E-state index in [1.807, 2.05) is 60.7 Å². The van der Waals surface area contributed by atoms with Crippen molar-refractivity contribution in [1.82, 2.24) is 0 Å². The Morgan fingerprint density at radius 1 is 0.952 bits per heavy atom. The maximum absolute atomic E-state index is 11.4. The third kappa shape index (κ3) is 2.76. The molecule has 0 radical (unpaired) electrons. The summed E-state index contributed by atoms with van der Waals surface area (Å²) in [5, 5.41) is 2.57. The lowest BCUT2D eigenvalue weighted by molar-refractivity contribution is 0.112. The summed E-state index contributed by atoms with van der Waals surface area (Å²) in [6, 6.07) is 19.0. The molecule has 0 heterocycles. The van der Waals surface area contributed by atoms with Crippen LogP contribution in [0.4, 0.5) is 0 Å². The number of carbonyl (C=O) groups is 1. The van der Waals surface area contributed by atoms with Crippen molar-refractivity contribution in [2.24, 2.45) is 0 Å². The molecule has 0 aliphatic rings. The largest absolute Gasteiger partial charge is 0.488 e. The van der Waals surface area contributed by atoms with Crippen LogP contribution >= 0.6 is 11.6 Å². The minimum atomic E-state index is 0.332. The van der Waals surface area contributed by atoms with Crippen LogP contribution in [0.1, 0.15) is 15.9 Å². The summed E-state index contributed by atoms with van der Waals surface area (Å²) in [5.74, 6) is 0.573. The van der Waals surface area contributed by atoms with Gasteiger partial charge in [-0.1, -0.05) is 60.1 Å². The van der Waals surface area contributed by atoms with Gasteiger partial charge in [-0.15, -0.1) is 0 Å². The highest BCUT2D eigenvalue weighted by molar-refractivity contribution is 6.31. The first kappa shape index (κ1) is 13.7. The summed E-state index contributed by atoms with van der Waals surface area (Å²) >= 11 is 6.11. The first-order valence-electron chi connectivity index (χ1n) is 6.63. The van der Waals surface area contributed by atoms with Crippen LogP contribution in [-0.4, -0.2) is 6.29 Å². The molecule has 3 heteroatoms. The fourth-order valence-electron chi connectivity index (χ4n) is 2.29. The Morgan fingerprint density at radius 3 is 2.52 bits per heavy atom. The van der Waals surface area contributed by atoms with Gasteiger partial charge in [0.1, 0.15) is 12.4 Å². The molecular formula is C18H13ClO2. The summed E-state index contributed by atoms with van der Waals surface area (Å²) in [7, 11) is 0. The van der Waals surface area contributed by atoms with Gasteiger partial charge in [0.25, 0.3) is 0 Å². The van der Waals surface area contributed by atoms with E-state index in [1.54, 1.807) is 0 Å². The molecule has 0 saturated carbocycles. The molecule has 0 bridgehead atoms. The second-order valence-corrected chi connectivity index (χ2v) is 5.10. The number of halogens is 1. The SMILES string of the molecule is O=Cc1c(OCc2ccccc2Cl)ccc2ccccc12. The zero-order valence-electron chi connectivity index (χ0n) is 11.3. The number of hydrogen-bond donors (Lipinski definition) is 0. The Kier molecular flexibility index (Phi) is 3.89. The maximum atomic E-state index is 11.4. The van der Waals surface area contributed by atoms with Crippen LogP contribution in [0.25, 0.3) is 10.8 Å². The van der Waals surface area contributed by atoms with Crippen molar-refractivity contribution < 1.29 is 9.53 Å². The summed E-state index contributed by atoms with van der Waals surface area (Å²) < 4.78 is 5.79. The molecule has 3 aromatic rings. The number of fused-ring (bicyclic) bond motifs is 1. The standard InChI is InChI=1S/C18H13ClO2/c19-17-8-4-2-6-14(17)12-21-18-10-9-13-5-1-3-7-15(13)16(18)11-20/h1-11H,12H2. The average Bonchev–Trinajstić information content (AvgIpc) is 2.53. The van der Waals surface area contributed by atoms with Gasteiger partial charge >= 0.3 is 0 Å². The summed E-state index contributed by atoms with van der Waals surface area (Å²) in [6.45, 7) is 0.332. The summed E-state index contributed by atoms with van der Waals surface area (Å²) in [6.07, 6.45) is 0.838. The van der Waals surface area contributed by atoms with Gasteiger partial charge in [-0.3, -0.25) is 4.79 Å². The van der Waals surface area contributed by atoms with Crippen LogP contribution in [0, 0.1) is 0 Å². The van der Waals surface area contributed by atoms with Crippen molar-refractivity contribution in [3.8, 4) is 5.75 Å². The summed E-state index contributed by atoms with van der Waals surface area (Å²) in [4.78, 5) is 11.4. The molecule has 0 fully saturated rings. The van der Waals surface area contributed by atoms with Gasteiger partial charge in [0.15, 0.2) is 6.29 Å². The van der Waals surface area contributed by atoms with Crippen LogP contribution in [0.2, 0.25) is 5.02 Å². The van der Waals surface area contributed by atoms with E-state index >= 15 is 0 Å². The number of hydrogen-bond acceptors (Lipinski definition) is 2. The molecule has 0 N–H and O–H groups in total. The van der Waals surface area contributed by atoms with Crippen LogP contribution in [0.15, 0.2) is 60.7 Å². The Bertz CT molecular complexity index is 796. The third-order valence-corrected chi connectivity index (χ3v) is 3.76. The highest BCUT2D eigenvalue weighted by atomic mass is 35.5. The Balaban J connectivity index is 1.94. The molecule has 0 unspecified atom stereocenters. The highest BCUT2D eigenvalue weighted by Crippen LogP contribution is 2.27. The van der Waals surface area contributed by atoms with Gasteiger partial charge in [-0.05, 0) is 22.9 Å². The molecule has 104 valence electrons. The quantitative estimate of drug-likeness (QED) is 0.641. The van der Waals surface area contributed by atoms with Crippen molar-refractivity contribution in [2.45, 2.75) is 6.61 Å². The molecule has 0 amide bonds. The number of benzene rings is 3. The minimum absolute atomic E-state index is 0.332. The van der Waals surface area contributed by atoms with Gasteiger partial charge in [-0.25, -0.2) is 0 Å². The van der Waals surface area contributed by atoms with Gasteiger partial charge in [0.05, 0.1) is 5.56 Å². The molecule has 3 rings (SSSR count). The normalized spacial score (nSPS) is 10.5. The molecule has 0 spiro atoms. The van der Waals surface area contributed by atoms with Crippen LogP contribution < -0.4 is 4.74 Å². The number of carbonyl (C=O) groups excluding carboxylic acids is 1. The first-order chi connectivity index (χ1) is 10.3. The lowest BCUT2D eigenvalue weighted by Crippen LogP contribution is -1.99. The second kappa shape index (κ2) is 5.98. The Labute approximate surface area is 127 Å². The molecule has 0 aliphatic carbocycles. The fourth-order valence-corrected chi connectivity index (χ4v) is 2.48. The van der Waals surface area contributed by atoms with Crippen molar-refractivity contribution >= 4 is 28.7 Å². The monoisotopic (exact) mass is 296 g/mol. The van der Waals surface area contributed by atoms with Crippen molar-refractivity contribution in [2.75, 3.05) is 0 Å². The minimum Gasteiger partial charge on any atom is -0.488 e. The van der Waals surface area contributed by atoms with Crippen LogP contribution in [-0.2, 0) is 6.61 Å². The van der Waals surface area contributed by atoms with Gasteiger partial charge < -0.3 is 4.74 Å². The second-order valence-electron chi connectivity index (χ2n) is 4.70. The van der Waals surface area contributed by atoms with E-state index in [0.717, 1.165) is 22.6 Å². The fraction of sp³-hybridized carbons (Fsp3) is 0.0556. The average molecular weight is 297 g/mol. The highest BCUT2D eigenvalue weighted by Gasteiger charge is 2.09. The lowest BCUT2D eigenvalue weighted by Gasteiger charge is -2.11. The van der Waals surface area contributed by atoms with Gasteiger partial charge in [0, 0.05) is 10.6 Å². The zero-order valence-corrected chi connectivity index (χ0v) is 12.0. The number of ether oxygens (including phenoxy) is 1. The van der Waals surface area contributed by atoms with Crippen molar-refractivity contribution in [3.63, 3.8) is 0 Å². The van der Waals surface area contributed by atoms with E-state index in [1.165, 1.54) is 0 Å². The van der Waals surface area contributed by atoms with E-state index in [0.29, 0.717) is 22.9 Å². The zero-order chi connectivity index (χ0) is 14.7. The molecule has 21 heavy (non-hydrogen) atoms. The van der Waals surface area contributed by atoms with Crippen LogP contribution in [0.5, 0.6) is 5.75 Å². The first-order valence-corrected chi connectivity index (χ1v) is 7.00. The van der Waals surface area contributed by atoms with Crippen molar-refractivity contribution in [3.05, 3.63) is 76.8 Å². The molecular weight excluding hydrogens is 284 g/mol. The summed E-state index contributed by atoms with van der Waals surface area (Å²) in [5.41, 5.74) is 1.46. The molecule has 0 aromatic heterocycles. The predicted molar refractivity (Wildman–Crippen MR) is 85.1 cm³/mol. The van der Waals surface area contributed by atoms with E-state index in [-0.39, 0.29) is 0 Å². The smallest absolute Gasteiger partial charge is 0.154 e. The van der Waals surface area contributed by atoms with E-state index < -0.39 is 0 Å². The maximum Gasteiger partial charge on any atom is 0.154 e. The van der Waals surface area contributed by atoms with E-state index in [9.17, 15) is 4.79 Å². The van der Waals surface area contributed by atoms with Gasteiger partial charge in [0.2, 0.25) is 0 Å². The molecule has 0 atom stereocenters. The van der Waals surface area contributed by atoms with E-state index in [4.69, 9.17) is 16.3 Å². The number of rotatable bonds is 4. The third-order valence-electron chi connectivity index (χ3n) is 3.39. The molecule has 3 aromatic carbocycles. The van der Waals surface area contributed by atoms with Crippen LogP contribution in [0.3, 0.4) is 0 Å². The van der Waals surface area contributed by atoms with Crippen molar-refractivity contribution in [1.29, 1.82) is 0 Å². The number of aldehydes is 1. The lowest BCUT2D eigenvalue weighted by atomic mass is 10.0. The molecule has 2 nitrogen and oxygen atoms in total. The topological polar surface area (TPSA) is 26.3 Å².